The number of aromatic nitrogens is 4. The summed E-state index contributed by atoms with van der Waals surface area (Å²) in [4.78, 5) is 21.4. The molecular weight excluding hydrogens is 296 g/mol. The highest BCUT2D eigenvalue weighted by atomic mass is 35.5. The molecule has 2 heterocycles. The van der Waals surface area contributed by atoms with E-state index in [-0.39, 0.29) is 11.0 Å². The second-order valence-electron chi connectivity index (χ2n) is 4.34. The van der Waals surface area contributed by atoms with Gasteiger partial charge in [0.2, 0.25) is 0 Å². The van der Waals surface area contributed by atoms with Gasteiger partial charge in [0.25, 0.3) is 11.5 Å². The third kappa shape index (κ3) is 3.19. The maximum absolute atomic E-state index is 12.3. The van der Waals surface area contributed by atoms with Crippen LogP contribution in [0.1, 0.15) is 24.7 Å². The summed E-state index contributed by atoms with van der Waals surface area (Å²) in [7, 11) is 0. The van der Waals surface area contributed by atoms with Crippen molar-refractivity contribution in [2.45, 2.75) is 32.1 Å². The molecule has 5 nitrogen and oxygen atoms in total. The summed E-state index contributed by atoms with van der Waals surface area (Å²) < 4.78 is 1.14. The van der Waals surface area contributed by atoms with Crippen LogP contribution in [0, 0.1) is 13.8 Å². The van der Waals surface area contributed by atoms with Crippen LogP contribution in [0.5, 0.6) is 0 Å². The summed E-state index contributed by atoms with van der Waals surface area (Å²) in [5.41, 5.74) is 1.17. The van der Waals surface area contributed by atoms with Gasteiger partial charge in [-0.25, -0.2) is 9.97 Å². The van der Waals surface area contributed by atoms with Crippen molar-refractivity contribution in [1.29, 1.82) is 0 Å². The molecule has 0 bridgehead atoms. The Hall–Kier alpha value is -1.40. The Bertz CT molecular complexity index is 666. The van der Waals surface area contributed by atoms with Gasteiger partial charge < -0.3 is 0 Å². The molecule has 0 fully saturated rings. The van der Waals surface area contributed by atoms with Gasteiger partial charge in [0.15, 0.2) is 0 Å². The molecule has 106 valence electrons. The molecule has 0 saturated carbocycles. The van der Waals surface area contributed by atoms with Crippen molar-refractivity contribution < 1.29 is 0 Å². The number of aryl methyl sites for hydroxylation is 2. The van der Waals surface area contributed by atoms with E-state index in [4.69, 9.17) is 11.6 Å². The lowest BCUT2D eigenvalue weighted by atomic mass is 10.4. The van der Waals surface area contributed by atoms with Crippen molar-refractivity contribution >= 4 is 23.4 Å². The summed E-state index contributed by atoms with van der Waals surface area (Å²) in [5.74, 6) is 1.15. The first-order valence-corrected chi connectivity index (χ1v) is 7.62. The lowest BCUT2D eigenvalue weighted by molar-refractivity contribution is 0.732. The first-order valence-electron chi connectivity index (χ1n) is 6.26. The van der Waals surface area contributed by atoms with E-state index in [0.717, 1.165) is 28.2 Å². The second-order valence-corrected chi connectivity index (χ2v) is 5.85. The van der Waals surface area contributed by atoms with Gasteiger partial charge in [-0.15, -0.1) is 11.8 Å². The van der Waals surface area contributed by atoms with E-state index in [1.807, 2.05) is 19.9 Å². The van der Waals surface area contributed by atoms with Crippen molar-refractivity contribution in [2.75, 3.05) is 5.75 Å². The fraction of sp³-hybridized carbons (Fsp3) is 0.385. The van der Waals surface area contributed by atoms with Gasteiger partial charge in [0.05, 0.1) is 11.1 Å². The Kier molecular flexibility index (Phi) is 4.77. The maximum Gasteiger partial charge on any atom is 0.294 e. The number of hydrogen-bond acceptors (Lipinski definition) is 5. The van der Waals surface area contributed by atoms with Crippen LogP contribution in [0.2, 0.25) is 5.02 Å². The molecule has 0 aliphatic rings. The highest BCUT2D eigenvalue weighted by molar-refractivity contribution is 7.99. The fourth-order valence-corrected chi connectivity index (χ4v) is 2.73. The minimum absolute atomic E-state index is 0.168. The molecule has 0 spiro atoms. The molecule has 0 saturated heterocycles. The number of hydrogen-bond donors (Lipinski definition) is 0. The van der Waals surface area contributed by atoms with Crippen LogP contribution in [-0.4, -0.2) is 25.5 Å². The van der Waals surface area contributed by atoms with Gasteiger partial charge in [-0.05, 0) is 32.1 Å². The number of halogens is 1. The topological polar surface area (TPSA) is 60.7 Å². The lowest BCUT2D eigenvalue weighted by Crippen LogP contribution is -2.24. The number of thioether (sulfide) groups is 1. The predicted octanol–water partition coefficient (Wildman–Crippen LogP) is 2.79. The van der Waals surface area contributed by atoms with E-state index in [9.17, 15) is 4.79 Å². The number of nitrogens with zero attached hydrogens (tertiary/aromatic N) is 4. The van der Waals surface area contributed by atoms with Gasteiger partial charge in [0, 0.05) is 11.4 Å². The summed E-state index contributed by atoms with van der Waals surface area (Å²) in [6.07, 6.45) is 2.59. The predicted molar refractivity (Wildman–Crippen MR) is 80.9 cm³/mol. The molecule has 20 heavy (non-hydrogen) atoms. The Balaban J connectivity index is 2.48. The largest absolute Gasteiger partial charge is 0.294 e. The number of rotatable bonds is 4. The summed E-state index contributed by atoms with van der Waals surface area (Å²) in [5, 5.41) is 4.29. The van der Waals surface area contributed by atoms with E-state index in [1.54, 1.807) is 6.20 Å². The average molecular weight is 311 g/mol. The Labute approximate surface area is 126 Å². The molecule has 0 aromatic carbocycles. The zero-order valence-corrected chi connectivity index (χ0v) is 13.1. The smallest absolute Gasteiger partial charge is 0.266 e. The van der Waals surface area contributed by atoms with Gasteiger partial charge >= 0.3 is 0 Å². The minimum Gasteiger partial charge on any atom is -0.266 e. The Morgan fingerprint density at radius 1 is 1.30 bits per heavy atom. The van der Waals surface area contributed by atoms with Crippen LogP contribution in [0.25, 0.3) is 5.95 Å². The van der Waals surface area contributed by atoms with Crippen molar-refractivity contribution in [3.05, 3.63) is 39.0 Å². The fourth-order valence-electron chi connectivity index (χ4n) is 1.67. The standard InChI is InChI=1S/C13H15ClN4OS/c1-4-5-20-10-7-15-18(12(19)11(10)14)13-16-8(2)6-9(3)17-13/h6-7H,4-5H2,1-3H3. The van der Waals surface area contributed by atoms with Crippen molar-refractivity contribution in [3.8, 4) is 5.95 Å². The third-order valence-corrected chi connectivity index (χ3v) is 4.22. The van der Waals surface area contributed by atoms with E-state index < -0.39 is 5.56 Å². The van der Waals surface area contributed by atoms with E-state index in [2.05, 4.69) is 22.0 Å². The van der Waals surface area contributed by atoms with Gasteiger partial charge in [-0.2, -0.15) is 9.78 Å². The molecule has 0 radical (unpaired) electrons. The summed E-state index contributed by atoms with van der Waals surface area (Å²) in [6, 6.07) is 1.83. The van der Waals surface area contributed by atoms with Crippen LogP contribution < -0.4 is 5.56 Å². The second kappa shape index (κ2) is 6.37. The zero-order valence-electron chi connectivity index (χ0n) is 11.6. The van der Waals surface area contributed by atoms with Crippen LogP contribution in [0.15, 0.2) is 22.0 Å². The molecule has 0 aliphatic carbocycles. The molecule has 0 unspecified atom stereocenters. The van der Waals surface area contributed by atoms with Gasteiger partial charge in [0.1, 0.15) is 5.02 Å². The van der Waals surface area contributed by atoms with E-state index >= 15 is 0 Å². The van der Waals surface area contributed by atoms with Crippen molar-refractivity contribution in [1.82, 2.24) is 19.7 Å². The SMILES string of the molecule is CCCSc1cnn(-c2nc(C)cc(C)n2)c(=O)c1Cl. The molecule has 2 rings (SSSR count). The quantitative estimate of drug-likeness (QED) is 0.813. The molecule has 2 aromatic heterocycles. The highest BCUT2D eigenvalue weighted by Gasteiger charge is 2.13. The normalized spacial score (nSPS) is 10.8. The Morgan fingerprint density at radius 2 is 1.95 bits per heavy atom. The Morgan fingerprint density at radius 3 is 2.55 bits per heavy atom. The zero-order chi connectivity index (χ0) is 14.7. The van der Waals surface area contributed by atoms with Crippen LogP contribution in [0.4, 0.5) is 0 Å². The molecule has 0 amide bonds. The average Bonchev–Trinajstić information content (AvgIpc) is 2.39. The molecular formula is C13H15ClN4OS. The lowest BCUT2D eigenvalue weighted by Gasteiger charge is -2.07. The van der Waals surface area contributed by atoms with Crippen molar-refractivity contribution in [3.63, 3.8) is 0 Å². The molecule has 7 heteroatoms. The van der Waals surface area contributed by atoms with Gasteiger partial charge in [-0.3, -0.25) is 4.79 Å². The first kappa shape index (κ1) is 15.0. The summed E-state index contributed by atoms with van der Waals surface area (Å²) >= 11 is 7.64. The molecule has 0 atom stereocenters. The molecule has 0 N–H and O–H groups in total. The molecule has 2 aromatic rings. The van der Waals surface area contributed by atoms with Crippen molar-refractivity contribution in [2.24, 2.45) is 0 Å². The van der Waals surface area contributed by atoms with E-state index in [1.165, 1.54) is 11.8 Å². The highest BCUT2D eigenvalue weighted by Crippen LogP contribution is 2.23. The monoisotopic (exact) mass is 310 g/mol. The summed E-state index contributed by atoms with van der Waals surface area (Å²) in [6.45, 7) is 5.76. The van der Waals surface area contributed by atoms with Crippen LogP contribution in [0.3, 0.4) is 0 Å². The minimum atomic E-state index is -0.391. The first-order chi connectivity index (χ1) is 9.52. The maximum atomic E-state index is 12.3. The van der Waals surface area contributed by atoms with Crippen LogP contribution in [-0.2, 0) is 0 Å². The van der Waals surface area contributed by atoms with Gasteiger partial charge in [-0.1, -0.05) is 18.5 Å². The third-order valence-electron chi connectivity index (χ3n) is 2.51. The molecule has 0 aliphatic heterocycles. The van der Waals surface area contributed by atoms with E-state index in [0.29, 0.717) is 4.90 Å². The van der Waals surface area contributed by atoms with Crippen LogP contribution >= 0.6 is 23.4 Å².